The van der Waals surface area contributed by atoms with Crippen LogP contribution in [0, 0.1) is 0 Å². The molecule has 0 saturated heterocycles. The van der Waals surface area contributed by atoms with Crippen molar-refractivity contribution in [2.24, 2.45) is 0 Å². The summed E-state index contributed by atoms with van der Waals surface area (Å²) in [7, 11) is -1.49. The molecule has 0 aromatic heterocycles. The Morgan fingerprint density at radius 1 is 1.14 bits per heavy atom. The molecular formula is C16H22O4S. The van der Waals surface area contributed by atoms with Gasteiger partial charge in [-0.15, -0.1) is 0 Å². The largest absolute Gasteiger partial charge is 0.481 e. The van der Waals surface area contributed by atoms with Gasteiger partial charge in [-0.25, -0.2) is 0 Å². The summed E-state index contributed by atoms with van der Waals surface area (Å²) in [6, 6.07) is 8.77. The summed E-state index contributed by atoms with van der Waals surface area (Å²) in [6.07, 6.45) is 3.09. The third-order valence-electron chi connectivity index (χ3n) is 3.24. The number of rotatable bonds is 10. The average molecular weight is 310 g/mol. The van der Waals surface area contributed by atoms with Gasteiger partial charge in [0.25, 0.3) is 0 Å². The van der Waals surface area contributed by atoms with E-state index in [4.69, 9.17) is 5.11 Å². The first-order valence-corrected chi connectivity index (χ1v) is 8.47. The number of Topliss-reactive ketones (excluding diaryl/α,β-unsaturated/α-hetero) is 1. The molecule has 5 heteroatoms. The molecule has 0 aliphatic carbocycles. The van der Waals surface area contributed by atoms with Crippen molar-refractivity contribution in [1.29, 1.82) is 0 Å². The Bertz CT molecular complexity index is 484. The number of unbranched alkanes of at least 4 members (excludes halogenated alkanes) is 2. The van der Waals surface area contributed by atoms with E-state index in [2.05, 4.69) is 6.92 Å². The maximum Gasteiger partial charge on any atom is 0.303 e. The van der Waals surface area contributed by atoms with Crippen molar-refractivity contribution in [2.45, 2.75) is 55.6 Å². The highest BCUT2D eigenvalue weighted by atomic mass is 32.2. The molecule has 0 bridgehead atoms. The first kappa shape index (κ1) is 17.6. The van der Waals surface area contributed by atoms with E-state index in [9.17, 15) is 13.8 Å². The van der Waals surface area contributed by atoms with Crippen LogP contribution in [-0.2, 0) is 20.4 Å². The van der Waals surface area contributed by atoms with Gasteiger partial charge in [-0.3, -0.25) is 13.8 Å². The van der Waals surface area contributed by atoms with Gasteiger partial charge in [0.05, 0.1) is 16.0 Å². The van der Waals surface area contributed by atoms with E-state index in [1.165, 1.54) is 0 Å². The number of carboxylic acids is 1. The van der Waals surface area contributed by atoms with Crippen molar-refractivity contribution < 1.29 is 18.9 Å². The molecule has 0 heterocycles. The van der Waals surface area contributed by atoms with Crippen LogP contribution in [0.1, 0.15) is 45.4 Å². The summed E-state index contributed by atoms with van der Waals surface area (Å²) in [5, 5.41) is 8.08. The third kappa shape index (κ3) is 6.21. The Kier molecular flexibility index (Phi) is 7.90. The minimum atomic E-state index is -1.49. The lowest BCUT2D eigenvalue weighted by molar-refractivity contribution is -0.137. The lowest BCUT2D eigenvalue weighted by Gasteiger charge is -2.14. The van der Waals surface area contributed by atoms with Crippen LogP contribution in [0.15, 0.2) is 35.2 Å². The van der Waals surface area contributed by atoms with E-state index < -0.39 is 22.0 Å². The second-order valence-corrected chi connectivity index (χ2v) is 6.59. The summed E-state index contributed by atoms with van der Waals surface area (Å²) in [5.41, 5.74) is 0. The molecule has 116 valence electrons. The van der Waals surface area contributed by atoms with Crippen LogP contribution in [0.2, 0.25) is 0 Å². The molecule has 2 atom stereocenters. The number of benzene rings is 1. The zero-order valence-corrected chi connectivity index (χ0v) is 13.1. The van der Waals surface area contributed by atoms with Crippen molar-refractivity contribution in [2.75, 3.05) is 0 Å². The maximum absolute atomic E-state index is 12.5. The second kappa shape index (κ2) is 9.45. The smallest absolute Gasteiger partial charge is 0.303 e. The average Bonchev–Trinajstić information content (AvgIpc) is 2.48. The van der Waals surface area contributed by atoms with E-state index in [-0.39, 0.29) is 18.6 Å². The highest BCUT2D eigenvalue weighted by molar-refractivity contribution is 7.86. The van der Waals surface area contributed by atoms with Gasteiger partial charge in [0.1, 0.15) is 5.78 Å². The van der Waals surface area contributed by atoms with Crippen LogP contribution in [0.4, 0.5) is 0 Å². The normalized spacial score (nSPS) is 13.6. The number of carboxylic acid groups (broad SMARTS) is 1. The predicted molar refractivity (Wildman–Crippen MR) is 82.7 cm³/mol. The molecule has 0 fully saturated rings. The third-order valence-corrected chi connectivity index (χ3v) is 4.99. The molecule has 0 amide bonds. The number of ketones is 1. The first-order valence-electron chi connectivity index (χ1n) is 7.26. The van der Waals surface area contributed by atoms with Gasteiger partial charge >= 0.3 is 5.97 Å². The van der Waals surface area contributed by atoms with Crippen LogP contribution in [0.3, 0.4) is 0 Å². The molecule has 2 unspecified atom stereocenters. The SMILES string of the molecule is CCCCCC(=O)C(CCC(=O)O)S(=O)c1ccccc1. The fourth-order valence-corrected chi connectivity index (χ4v) is 3.51. The van der Waals surface area contributed by atoms with E-state index in [1.54, 1.807) is 24.3 Å². The Morgan fingerprint density at radius 3 is 2.38 bits per heavy atom. The predicted octanol–water partition coefficient (Wildman–Crippen LogP) is 3.18. The van der Waals surface area contributed by atoms with Crippen LogP contribution in [0.5, 0.6) is 0 Å². The molecule has 21 heavy (non-hydrogen) atoms. The van der Waals surface area contributed by atoms with Crippen LogP contribution in [0.25, 0.3) is 0 Å². The minimum Gasteiger partial charge on any atom is -0.481 e. The van der Waals surface area contributed by atoms with E-state index in [0.29, 0.717) is 11.3 Å². The molecule has 0 aliphatic heterocycles. The molecule has 0 aliphatic rings. The van der Waals surface area contributed by atoms with Crippen molar-refractivity contribution in [1.82, 2.24) is 0 Å². The van der Waals surface area contributed by atoms with Gasteiger partial charge in [-0.1, -0.05) is 38.0 Å². The summed E-state index contributed by atoms with van der Waals surface area (Å²) in [5.74, 6) is -1.06. The highest BCUT2D eigenvalue weighted by Gasteiger charge is 2.26. The maximum atomic E-state index is 12.5. The van der Waals surface area contributed by atoms with Gasteiger partial charge in [0, 0.05) is 17.7 Å². The minimum absolute atomic E-state index is 0.0908. The summed E-state index contributed by atoms with van der Waals surface area (Å²) >= 11 is 0. The van der Waals surface area contributed by atoms with Crippen LogP contribution < -0.4 is 0 Å². The van der Waals surface area contributed by atoms with E-state index in [0.717, 1.165) is 19.3 Å². The zero-order chi connectivity index (χ0) is 15.7. The van der Waals surface area contributed by atoms with Gasteiger partial charge in [0.15, 0.2) is 0 Å². The fraction of sp³-hybridized carbons (Fsp3) is 0.500. The summed E-state index contributed by atoms with van der Waals surface area (Å²) < 4.78 is 12.5. The lowest BCUT2D eigenvalue weighted by Crippen LogP contribution is -2.27. The molecule has 1 rings (SSSR count). The van der Waals surface area contributed by atoms with Gasteiger partial charge in [-0.05, 0) is 25.0 Å². The van der Waals surface area contributed by atoms with E-state index >= 15 is 0 Å². The Morgan fingerprint density at radius 2 is 1.81 bits per heavy atom. The van der Waals surface area contributed by atoms with Gasteiger partial charge in [0.2, 0.25) is 0 Å². The quantitative estimate of drug-likeness (QED) is 0.674. The monoisotopic (exact) mass is 310 g/mol. The number of hydrogen-bond acceptors (Lipinski definition) is 3. The van der Waals surface area contributed by atoms with Crippen molar-refractivity contribution in [3.05, 3.63) is 30.3 Å². The van der Waals surface area contributed by atoms with Crippen LogP contribution >= 0.6 is 0 Å². The van der Waals surface area contributed by atoms with Crippen molar-refractivity contribution in [3.63, 3.8) is 0 Å². The molecular weight excluding hydrogens is 288 g/mol. The van der Waals surface area contributed by atoms with Crippen molar-refractivity contribution in [3.8, 4) is 0 Å². The first-order chi connectivity index (χ1) is 10.1. The molecule has 1 aromatic rings. The van der Waals surface area contributed by atoms with Crippen LogP contribution in [-0.4, -0.2) is 26.3 Å². The van der Waals surface area contributed by atoms with Gasteiger partial charge < -0.3 is 5.11 Å². The fourth-order valence-electron chi connectivity index (χ4n) is 2.07. The molecule has 1 aromatic carbocycles. The molecule has 0 saturated carbocycles. The van der Waals surface area contributed by atoms with Crippen molar-refractivity contribution >= 4 is 22.6 Å². The lowest BCUT2D eigenvalue weighted by atomic mass is 10.1. The molecule has 0 radical (unpaired) electrons. The summed E-state index contributed by atoms with van der Waals surface area (Å²) in [6.45, 7) is 2.05. The molecule has 4 nitrogen and oxygen atoms in total. The number of carbonyl (C=O) groups is 2. The van der Waals surface area contributed by atoms with Gasteiger partial charge in [-0.2, -0.15) is 0 Å². The molecule has 1 N–H and O–H groups in total. The number of aliphatic carboxylic acids is 1. The Balaban J connectivity index is 2.78. The Hall–Kier alpha value is -1.49. The highest BCUT2D eigenvalue weighted by Crippen LogP contribution is 2.18. The second-order valence-electron chi connectivity index (χ2n) is 4.95. The molecule has 0 spiro atoms. The number of carbonyl (C=O) groups excluding carboxylic acids is 1. The standard InChI is InChI=1S/C16H22O4S/c1-2-3-5-10-14(17)15(11-12-16(18)19)21(20)13-8-6-4-7-9-13/h4,6-9,15H,2-3,5,10-12H2,1H3,(H,18,19). The zero-order valence-electron chi connectivity index (χ0n) is 12.3. The topological polar surface area (TPSA) is 71.4 Å². The Labute approximate surface area is 128 Å². The van der Waals surface area contributed by atoms with E-state index in [1.807, 2.05) is 6.07 Å². The summed E-state index contributed by atoms with van der Waals surface area (Å²) in [4.78, 5) is 23.6. The number of hydrogen-bond donors (Lipinski definition) is 1.